The highest BCUT2D eigenvalue weighted by molar-refractivity contribution is 7.90. The zero-order valence-electron chi connectivity index (χ0n) is 11.5. The molecule has 1 fully saturated rings. The second-order valence-corrected chi connectivity index (χ2v) is 8.40. The molecular formula is C13H26O3S. The summed E-state index contributed by atoms with van der Waals surface area (Å²) < 4.78 is 27.7. The lowest BCUT2D eigenvalue weighted by molar-refractivity contribution is -0.0202. The van der Waals surface area contributed by atoms with Crippen molar-refractivity contribution in [1.29, 1.82) is 0 Å². The van der Waals surface area contributed by atoms with Gasteiger partial charge in [0.2, 0.25) is 0 Å². The Balaban J connectivity index is 2.22. The van der Waals surface area contributed by atoms with Gasteiger partial charge in [-0.25, -0.2) is 8.42 Å². The molecule has 0 aromatic carbocycles. The minimum Gasteiger partial charge on any atom is -0.378 e. The van der Waals surface area contributed by atoms with E-state index in [1.54, 1.807) is 0 Å². The lowest BCUT2D eigenvalue weighted by Crippen LogP contribution is -2.34. The molecule has 0 bridgehead atoms. The van der Waals surface area contributed by atoms with E-state index in [4.69, 9.17) is 4.74 Å². The standard InChI is InChI=1S/C13H26O3S/c1-11-10-12(6-7-13(11,2)3)16-8-5-9-17(4,14)15/h11-12H,5-10H2,1-4H3/t11-,12-/m0/s1. The van der Waals surface area contributed by atoms with E-state index in [9.17, 15) is 8.42 Å². The van der Waals surface area contributed by atoms with Crippen molar-refractivity contribution in [3.63, 3.8) is 0 Å². The summed E-state index contributed by atoms with van der Waals surface area (Å²) in [6.45, 7) is 7.49. The van der Waals surface area contributed by atoms with E-state index in [2.05, 4.69) is 20.8 Å². The van der Waals surface area contributed by atoms with Gasteiger partial charge in [-0.15, -0.1) is 0 Å². The number of rotatable bonds is 5. The van der Waals surface area contributed by atoms with E-state index in [0.29, 0.717) is 30.5 Å². The summed E-state index contributed by atoms with van der Waals surface area (Å²) in [7, 11) is -2.84. The fourth-order valence-electron chi connectivity index (χ4n) is 2.33. The number of ether oxygens (including phenoxy) is 1. The molecule has 0 saturated heterocycles. The van der Waals surface area contributed by atoms with E-state index in [1.807, 2.05) is 0 Å². The van der Waals surface area contributed by atoms with Crippen LogP contribution in [0.2, 0.25) is 0 Å². The SMILES string of the molecule is C[C@H]1C[C@@H](OCCCS(C)(=O)=O)CCC1(C)C. The highest BCUT2D eigenvalue weighted by Gasteiger charge is 2.33. The monoisotopic (exact) mass is 262 g/mol. The first-order chi connectivity index (χ1) is 7.71. The molecular weight excluding hydrogens is 236 g/mol. The van der Waals surface area contributed by atoms with Crippen LogP contribution in [0.1, 0.15) is 46.5 Å². The van der Waals surface area contributed by atoms with E-state index in [0.717, 1.165) is 12.8 Å². The average molecular weight is 262 g/mol. The van der Waals surface area contributed by atoms with Crippen LogP contribution >= 0.6 is 0 Å². The van der Waals surface area contributed by atoms with Gasteiger partial charge in [0.25, 0.3) is 0 Å². The van der Waals surface area contributed by atoms with Gasteiger partial charge in [0.15, 0.2) is 0 Å². The summed E-state index contributed by atoms with van der Waals surface area (Å²) in [5.41, 5.74) is 0.423. The first-order valence-corrected chi connectivity index (χ1v) is 8.56. The smallest absolute Gasteiger partial charge is 0.147 e. The maximum absolute atomic E-state index is 11.0. The third-order valence-electron chi connectivity index (χ3n) is 4.07. The normalized spacial score (nSPS) is 29.2. The Hall–Kier alpha value is -0.0900. The fourth-order valence-corrected chi connectivity index (χ4v) is 2.98. The molecule has 1 rings (SSSR count). The van der Waals surface area contributed by atoms with E-state index in [-0.39, 0.29) is 5.75 Å². The summed E-state index contributed by atoms with van der Waals surface area (Å²) in [5, 5.41) is 0. The summed E-state index contributed by atoms with van der Waals surface area (Å²) in [4.78, 5) is 0. The Labute approximate surface area is 106 Å². The predicted octanol–water partition coefficient (Wildman–Crippen LogP) is 2.65. The van der Waals surface area contributed by atoms with Crippen molar-refractivity contribution in [2.45, 2.75) is 52.6 Å². The molecule has 0 heterocycles. The highest BCUT2D eigenvalue weighted by Crippen LogP contribution is 2.41. The van der Waals surface area contributed by atoms with Gasteiger partial charge < -0.3 is 4.74 Å². The molecule has 1 saturated carbocycles. The van der Waals surface area contributed by atoms with Gasteiger partial charge in [-0.3, -0.25) is 0 Å². The largest absolute Gasteiger partial charge is 0.378 e. The Morgan fingerprint density at radius 3 is 2.53 bits per heavy atom. The van der Waals surface area contributed by atoms with Crippen molar-refractivity contribution in [1.82, 2.24) is 0 Å². The zero-order chi connectivity index (χ0) is 13.1. The molecule has 0 unspecified atom stereocenters. The molecule has 102 valence electrons. The number of sulfone groups is 1. The van der Waals surface area contributed by atoms with Crippen LogP contribution in [0.5, 0.6) is 0 Å². The first kappa shape index (κ1) is 15.0. The fraction of sp³-hybridized carbons (Fsp3) is 1.00. The van der Waals surface area contributed by atoms with Crippen molar-refractivity contribution in [3.8, 4) is 0 Å². The molecule has 1 aliphatic carbocycles. The Morgan fingerprint density at radius 2 is 2.00 bits per heavy atom. The average Bonchev–Trinajstić information content (AvgIpc) is 2.17. The van der Waals surface area contributed by atoms with Crippen LogP contribution < -0.4 is 0 Å². The zero-order valence-corrected chi connectivity index (χ0v) is 12.3. The molecule has 0 amide bonds. The molecule has 1 aliphatic rings. The quantitative estimate of drug-likeness (QED) is 0.715. The van der Waals surface area contributed by atoms with Gasteiger partial charge >= 0.3 is 0 Å². The summed E-state index contributed by atoms with van der Waals surface area (Å²) in [5.74, 6) is 0.914. The Kier molecular flexibility index (Phi) is 5.02. The Morgan fingerprint density at radius 1 is 1.35 bits per heavy atom. The summed E-state index contributed by atoms with van der Waals surface area (Å²) in [6, 6.07) is 0. The lowest BCUT2D eigenvalue weighted by Gasteiger charge is -2.40. The predicted molar refractivity (Wildman–Crippen MR) is 70.9 cm³/mol. The van der Waals surface area contributed by atoms with Crippen LogP contribution in [-0.4, -0.2) is 33.1 Å². The molecule has 2 atom stereocenters. The minimum absolute atomic E-state index is 0.237. The molecule has 0 radical (unpaired) electrons. The molecule has 0 spiro atoms. The van der Waals surface area contributed by atoms with Gasteiger partial charge in [-0.1, -0.05) is 20.8 Å². The van der Waals surface area contributed by atoms with Gasteiger partial charge in [0.05, 0.1) is 11.9 Å². The van der Waals surface area contributed by atoms with E-state index >= 15 is 0 Å². The van der Waals surface area contributed by atoms with Crippen LogP contribution in [0.25, 0.3) is 0 Å². The van der Waals surface area contributed by atoms with Gasteiger partial charge in [-0.2, -0.15) is 0 Å². The number of hydrogen-bond donors (Lipinski definition) is 0. The third kappa shape index (κ3) is 5.38. The molecule has 3 nitrogen and oxygen atoms in total. The van der Waals surface area contributed by atoms with Crippen molar-refractivity contribution in [2.75, 3.05) is 18.6 Å². The van der Waals surface area contributed by atoms with Crippen molar-refractivity contribution in [2.24, 2.45) is 11.3 Å². The summed E-state index contributed by atoms with van der Waals surface area (Å²) >= 11 is 0. The number of hydrogen-bond acceptors (Lipinski definition) is 3. The van der Waals surface area contributed by atoms with Crippen LogP contribution in [0.15, 0.2) is 0 Å². The van der Waals surface area contributed by atoms with E-state index < -0.39 is 9.84 Å². The first-order valence-electron chi connectivity index (χ1n) is 6.50. The van der Waals surface area contributed by atoms with E-state index in [1.165, 1.54) is 12.7 Å². The lowest BCUT2D eigenvalue weighted by atomic mass is 9.69. The third-order valence-corrected chi connectivity index (χ3v) is 5.10. The maximum Gasteiger partial charge on any atom is 0.147 e. The molecule has 17 heavy (non-hydrogen) atoms. The van der Waals surface area contributed by atoms with Crippen molar-refractivity contribution in [3.05, 3.63) is 0 Å². The van der Waals surface area contributed by atoms with Gasteiger partial charge in [-0.05, 0) is 37.0 Å². The van der Waals surface area contributed by atoms with Gasteiger partial charge in [0.1, 0.15) is 9.84 Å². The van der Waals surface area contributed by atoms with Crippen LogP contribution in [0.3, 0.4) is 0 Å². The highest BCUT2D eigenvalue weighted by atomic mass is 32.2. The minimum atomic E-state index is -2.84. The second kappa shape index (κ2) is 5.70. The second-order valence-electron chi connectivity index (χ2n) is 6.14. The van der Waals surface area contributed by atoms with Crippen LogP contribution in [0, 0.1) is 11.3 Å². The van der Waals surface area contributed by atoms with Crippen molar-refractivity contribution >= 4 is 9.84 Å². The topological polar surface area (TPSA) is 43.4 Å². The van der Waals surface area contributed by atoms with Gasteiger partial charge in [0, 0.05) is 12.9 Å². The van der Waals surface area contributed by atoms with Crippen LogP contribution in [0.4, 0.5) is 0 Å². The van der Waals surface area contributed by atoms with Crippen molar-refractivity contribution < 1.29 is 13.2 Å². The summed E-state index contributed by atoms with van der Waals surface area (Å²) in [6.07, 6.45) is 5.63. The molecule has 0 aliphatic heterocycles. The molecule has 0 aromatic rings. The van der Waals surface area contributed by atoms with Crippen LogP contribution in [-0.2, 0) is 14.6 Å². The Bertz CT molecular complexity index is 333. The molecule has 4 heteroatoms. The maximum atomic E-state index is 11.0. The molecule has 0 aromatic heterocycles. The molecule has 0 N–H and O–H groups in total.